The van der Waals surface area contributed by atoms with Gasteiger partial charge in [0.1, 0.15) is 17.4 Å². The number of aryl methyl sites for hydroxylation is 1. The highest BCUT2D eigenvalue weighted by Crippen LogP contribution is 2.23. The number of ether oxygens (including phenoxy) is 1. The number of amides is 1. The molecule has 1 aromatic carbocycles. The number of carboxylic acids is 1. The van der Waals surface area contributed by atoms with E-state index < -0.39 is 29.6 Å². The lowest BCUT2D eigenvalue weighted by atomic mass is 10.0. The van der Waals surface area contributed by atoms with E-state index >= 15 is 0 Å². The van der Waals surface area contributed by atoms with Crippen LogP contribution >= 0.6 is 0 Å². The summed E-state index contributed by atoms with van der Waals surface area (Å²) in [6.45, 7) is 7.25. The van der Waals surface area contributed by atoms with Crippen molar-refractivity contribution in [3.05, 3.63) is 40.2 Å². The minimum Gasteiger partial charge on any atom is -0.481 e. The van der Waals surface area contributed by atoms with Crippen molar-refractivity contribution >= 4 is 22.8 Å². The van der Waals surface area contributed by atoms with Gasteiger partial charge >= 0.3 is 11.6 Å². The maximum atomic E-state index is 12.3. The van der Waals surface area contributed by atoms with Crippen molar-refractivity contribution in [3.63, 3.8) is 0 Å². The number of benzene rings is 1. The van der Waals surface area contributed by atoms with Gasteiger partial charge < -0.3 is 19.6 Å². The maximum absolute atomic E-state index is 12.3. The van der Waals surface area contributed by atoms with E-state index in [2.05, 4.69) is 5.32 Å². The molecule has 1 heterocycles. The summed E-state index contributed by atoms with van der Waals surface area (Å²) in [4.78, 5) is 35.2. The molecule has 0 aliphatic heterocycles. The monoisotopic (exact) mass is 375 g/mol. The Labute approximate surface area is 157 Å². The third-order valence-corrected chi connectivity index (χ3v) is 4.19. The highest BCUT2D eigenvalue weighted by Gasteiger charge is 2.24. The van der Waals surface area contributed by atoms with Crippen LogP contribution in [0.15, 0.2) is 33.5 Å². The van der Waals surface area contributed by atoms with Gasteiger partial charge in [-0.25, -0.2) is 9.59 Å². The van der Waals surface area contributed by atoms with Crippen LogP contribution in [0.2, 0.25) is 0 Å². The number of carboxylic acid groups (broad SMARTS) is 1. The van der Waals surface area contributed by atoms with Crippen LogP contribution in [0.4, 0.5) is 0 Å². The van der Waals surface area contributed by atoms with Crippen LogP contribution < -0.4 is 15.7 Å². The minimum atomic E-state index is -1.08. The van der Waals surface area contributed by atoms with Gasteiger partial charge in [-0.15, -0.1) is 0 Å². The summed E-state index contributed by atoms with van der Waals surface area (Å²) >= 11 is 0. The van der Waals surface area contributed by atoms with Gasteiger partial charge in [0, 0.05) is 17.5 Å². The summed E-state index contributed by atoms with van der Waals surface area (Å²) in [7, 11) is 0. The van der Waals surface area contributed by atoms with Crippen LogP contribution in [0.1, 0.15) is 39.7 Å². The summed E-state index contributed by atoms with van der Waals surface area (Å²) in [5.41, 5.74) is 0.810. The largest absolute Gasteiger partial charge is 0.481 e. The molecule has 2 N–H and O–H groups in total. The van der Waals surface area contributed by atoms with E-state index in [1.54, 1.807) is 18.2 Å². The average Bonchev–Trinajstić information content (AvgIpc) is 2.59. The SMILES string of the molecule is CCc1cc(=O)oc2cc(OC(C)C(=O)NC(CC(C)C)C(=O)O)ccc12. The Balaban J connectivity index is 2.14. The molecule has 0 aliphatic carbocycles. The van der Waals surface area contributed by atoms with Crippen molar-refractivity contribution in [3.8, 4) is 5.75 Å². The molecular formula is C20H25NO6. The van der Waals surface area contributed by atoms with E-state index in [0.29, 0.717) is 24.2 Å². The molecule has 27 heavy (non-hydrogen) atoms. The normalized spacial score (nSPS) is 13.4. The molecule has 1 amide bonds. The molecule has 7 heteroatoms. The first kappa shape index (κ1) is 20.5. The Morgan fingerprint density at radius 2 is 1.93 bits per heavy atom. The lowest BCUT2D eigenvalue weighted by molar-refractivity contribution is -0.143. The van der Waals surface area contributed by atoms with Crippen LogP contribution in [-0.4, -0.2) is 29.1 Å². The van der Waals surface area contributed by atoms with Crippen LogP contribution in [0, 0.1) is 5.92 Å². The van der Waals surface area contributed by atoms with Gasteiger partial charge in [0.05, 0.1) is 0 Å². The number of hydrogen-bond acceptors (Lipinski definition) is 5. The predicted molar refractivity (Wildman–Crippen MR) is 101 cm³/mol. The van der Waals surface area contributed by atoms with E-state index in [1.807, 2.05) is 20.8 Å². The molecule has 0 bridgehead atoms. The van der Waals surface area contributed by atoms with E-state index in [1.165, 1.54) is 13.0 Å². The standard InChI is InChI=1S/C20H25NO6/c1-5-13-9-18(22)27-17-10-14(6-7-15(13)17)26-12(4)19(23)21-16(20(24)25)8-11(2)3/h6-7,9-12,16H,5,8H2,1-4H3,(H,21,23)(H,24,25). The van der Waals surface area contributed by atoms with Crippen molar-refractivity contribution in [2.45, 2.75) is 52.7 Å². The molecular weight excluding hydrogens is 350 g/mol. The molecule has 2 rings (SSSR count). The van der Waals surface area contributed by atoms with E-state index in [-0.39, 0.29) is 5.92 Å². The van der Waals surface area contributed by atoms with Crippen LogP contribution in [0.3, 0.4) is 0 Å². The van der Waals surface area contributed by atoms with E-state index in [4.69, 9.17) is 9.15 Å². The summed E-state index contributed by atoms with van der Waals surface area (Å²) in [5.74, 6) is -1.12. The zero-order valence-electron chi connectivity index (χ0n) is 15.9. The average molecular weight is 375 g/mol. The van der Waals surface area contributed by atoms with Gasteiger partial charge in [-0.05, 0) is 43.4 Å². The minimum absolute atomic E-state index is 0.124. The predicted octanol–water partition coefficient (Wildman–Crippen LogP) is 2.74. The zero-order chi connectivity index (χ0) is 20.1. The summed E-state index contributed by atoms with van der Waals surface area (Å²) < 4.78 is 10.8. The second-order valence-electron chi connectivity index (χ2n) is 6.89. The maximum Gasteiger partial charge on any atom is 0.336 e. The molecule has 2 aromatic rings. The van der Waals surface area contributed by atoms with Crippen molar-refractivity contribution in [1.82, 2.24) is 5.32 Å². The number of nitrogens with one attached hydrogen (secondary N) is 1. The lowest BCUT2D eigenvalue weighted by Crippen LogP contribution is -2.46. The number of carbonyl (C=O) groups excluding carboxylic acids is 1. The van der Waals surface area contributed by atoms with Crippen molar-refractivity contribution in [2.24, 2.45) is 5.92 Å². The Morgan fingerprint density at radius 3 is 2.52 bits per heavy atom. The van der Waals surface area contributed by atoms with Crippen LogP contribution in [0.25, 0.3) is 11.0 Å². The number of rotatable bonds is 8. The fourth-order valence-corrected chi connectivity index (χ4v) is 2.82. The Hall–Kier alpha value is -2.83. The molecule has 2 unspecified atom stereocenters. The smallest absolute Gasteiger partial charge is 0.336 e. The molecule has 7 nitrogen and oxygen atoms in total. The highest BCUT2D eigenvalue weighted by atomic mass is 16.5. The van der Waals surface area contributed by atoms with Crippen molar-refractivity contribution < 1.29 is 23.8 Å². The highest BCUT2D eigenvalue weighted by molar-refractivity contribution is 5.86. The fourth-order valence-electron chi connectivity index (χ4n) is 2.82. The lowest BCUT2D eigenvalue weighted by Gasteiger charge is -2.20. The molecule has 0 spiro atoms. The third-order valence-electron chi connectivity index (χ3n) is 4.19. The number of carbonyl (C=O) groups is 2. The Bertz CT molecular complexity index is 886. The number of aliphatic carboxylic acids is 1. The molecule has 2 atom stereocenters. The Morgan fingerprint density at radius 1 is 1.22 bits per heavy atom. The Kier molecular flexibility index (Phi) is 6.60. The first-order chi connectivity index (χ1) is 12.7. The first-order valence-electron chi connectivity index (χ1n) is 8.97. The van der Waals surface area contributed by atoms with Gasteiger partial charge in [-0.2, -0.15) is 0 Å². The van der Waals surface area contributed by atoms with E-state index in [9.17, 15) is 19.5 Å². The zero-order valence-corrected chi connectivity index (χ0v) is 15.9. The molecule has 0 saturated carbocycles. The second kappa shape index (κ2) is 8.70. The number of hydrogen-bond donors (Lipinski definition) is 2. The molecule has 0 radical (unpaired) electrons. The van der Waals surface area contributed by atoms with Crippen molar-refractivity contribution in [1.29, 1.82) is 0 Å². The van der Waals surface area contributed by atoms with Gasteiger partial charge in [0.25, 0.3) is 5.91 Å². The van der Waals surface area contributed by atoms with Gasteiger partial charge in [-0.1, -0.05) is 20.8 Å². The van der Waals surface area contributed by atoms with Gasteiger partial charge in [0.15, 0.2) is 6.10 Å². The summed E-state index contributed by atoms with van der Waals surface area (Å²) in [6.07, 6.45) is 0.111. The second-order valence-corrected chi connectivity index (χ2v) is 6.89. The molecule has 1 aromatic heterocycles. The summed E-state index contributed by atoms with van der Waals surface area (Å²) in [6, 6.07) is 5.51. The van der Waals surface area contributed by atoms with Gasteiger partial charge in [-0.3, -0.25) is 4.79 Å². The fraction of sp³-hybridized carbons (Fsp3) is 0.450. The third kappa shape index (κ3) is 5.32. The molecule has 0 saturated heterocycles. The van der Waals surface area contributed by atoms with Gasteiger partial charge in [0.2, 0.25) is 0 Å². The van der Waals surface area contributed by atoms with Crippen molar-refractivity contribution in [2.75, 3.05) is 0 Å². The summed E-state index contributed by atoms with van der Waals surface area (Å²) in [5, 5.41) is 12.5. The number of fused-ring (bicyclic) bond motifs is 1. The van der Waals surface area contributed by atoms with Crippen LogP contribution in [0.5, 0.6) is 5.75 Å². The molecule has 146 valence electrons. The van der Waals surface area contributed by atoms with Crippen LogP contribution in [-0.2, 0) is 16.0 Å². The first-order valence-corrected chi connectivity index (χ1v) is 8.97. The molecule has 0 fully saturated rings. The molecule has 0 aliphatic rings. The quantitative estimate of drug-likeness (QED) is 0.687. The topological polar surface area (TPSA) is 106 Å². The van der Waals surface area contributed by atoms with E-state index in [0.717, 1.165) is 10.9 Å².